The van der Waals surface area contributed by atoms with Crippen molar-refractivity contribution in [3.05, 3.63) is 18.1 Å². The maximum Gasteiger partial charge on any atom is 0.147 e. The minimum atomic E-state index is 0.667. The molecule has 1 N–H and O–H groups in total. The van der Waals surface area contributed by atoms with Crippen molar-refractivity contribution in [1.29, 1.82) is 0 Å². The molecule has 1 aromatic rings. The molecular weight excluding hydrogens is 224 g/mol. The van der Waals surface area contributed by atoms with Crippen molar-refractivity contribution in [3.8, 4) is 0 Å². The van der Waals surface area contributed by atoms with Crippen LogP contribution in [0.2, 0.25) is 0 Å². The lowest BCUT2D eigenvalue weighted by Gasteiger charge is -2.17. The van der Waals surface area contributed by atoms with E-state index < -0.39 is 0 Å². The van der Waals surface area contributed by atoms with E-state index in [0.29, 0.717) is 5.92 Å². The first kappa shape index (κ1) is 13.3. The Morgan fingerprint density at radius 2 is 2.28 bits per heavy atom. The Morgan fingerprint density at radius 1 is 1.44 bits per heavy atom. The van der Waals surface area contributed by atoms with Crippen LogP contribution < -0.4 is 10.2 Å². The van der Waals surface area contributed by atoms with E-state index >= 15 is 0 Å². The zero-order valence-corrected chi connectivity index (χ0v) is 11.7. The van der Waals surface area contributed by atoms with Crippen LogP contribution in [0.15, 0.2) is 12.4 Å². The van der Waals surface area contributed by atoms with E-state index in [1.54, 1.807) is 0 Å². The van der Waals surface area contributed by atoms with E-state index in [2.05, 4.69) is 41.0 Å². The lowest BCUT2D eigenvalue weighted by molar-refractivity contribution is 0.547. The van der Waals surface area contributed by atoms with Gasteiger partial charge in [-0.15, -0.1) is 0 Å². The van der Waals surface area contributed by atoms with Gasteiger partial charge in [0.05, 0.1) is 11.9 Å². The molecule has 4 nitrogen and oxygen atoms in total. The summed E-state index contributed by atoms with van der Waals surface area (Å²) in [5.41, 5.74) is 1.03. The first-order valence-corrected chi connectivity index (χ1v) is 6.91. The van der Waals surface area contributed by atoms with E-state index in [1.807, 2.05) is 12.4 Å². The predicted octanol–water partition coefficient (Wildman–Crippen LogP) is 2.07. The summed E-state index contributed by atoms with van der Waals surface area (Å²) in [6.45, 7) is 10.8. The minimum absolute atomic E-state index is 0.667. The van der Waals surface area contributed by atoms with E-state index in [4.69, 9.17) is 0 Å². The number of nitrogens with one attached hydrogen (secondary N) is 1. The molecule has 0 bridgehead atoms. The molecule has 1 aromatic heterocycles. The molecule has 1 aliphatic rings. The maximum absolute atomic E-state index is 4.69. The number of hydrogen-bond donors (Lipinski definition) is 1. The van der Waals surface area contributed by atoms with E-state index in [-0.39, 0.29) is 0 Å². The van der Waals surface area contributed by atoms with Gasteiger partial charge in [0.15, 0.2) is 0 Å². The first-order valence-electron chi connectivity index (χ1n) is 6.91. The van der Waals surface area contributed by atoms with Crippen LogP contribution in [0.3, 0.4) is 0 Å². The Labute approximate surface area is 110 Å². The van der Waals surface area contributed by atoms with Crippen LogP contribution >= 0.6 is 0 Å². The van der Waals surface area contributed by atoms with Crippen molar-refractivity contribution >= 4 is 5.82 Å². The molecule has 1 fully saturated rings. The molecule has 0 amide bonds. The number of aromatic nitrogens is 2. The lowest BCUT2D eigenvalue weighted by Crippen LogP contribution is -2.23. The van der Waals surface area contributed by atoms with Crippen molar-refractivity contribution in [3.63, 3.8) is 0 Å². The monoisotopic (exact) mass is 248 g/mol. The first-order chi connectivity index (χ1) is 8.65. The molecule has 1 saturated heterocycles. The van der Waals surface area contributed by atoms with Gasteiger partial charge in [-0.05, 0) is 24.8 Å². The standard InChI is InChI=1S/C14H24N4/c1-11(2)6-15-7-13-8-16-9-14(17-13)18-5-4-12(3)10-18/h8-9,11-12,15H,4-7,10H2,1-3H3. The highest BCUT2D eigenvalue weighted by Gasteiger charge is 2.20. The minimum Gasteiger partial charge on any atom is -0.355 e. The Hall–Kier alpha value is -1.16. The molecule has 0 saturated carbocycles. The van der Waals surface area contributed by atoms with E-state index in [0.717, 1.165) is 43.6 Å². The molecule has 18 heavy (non-hydrogen) atoms. The summed E-state index contributed by atoms with van der Waals surface area (Å²) in [5, 5.41) is 3.41. The summed E-state index contributed by atoms with van der Waals surface area (Å²) in [4.78, 5) is 11.3. The Morgan fingerprint density at radius 3 is 2.94 bits per heavy atom. The smallest absolute Gasteiger partial charge is 0.147 e. The fourth-order valence-corrected chi connectivity index (χ4v) is 2.26. The summed E-state index contributed by atoms with van der Waals surface area (Å²) >= 11 is 0. The second-order valence-electron chi connectivity index (χ2n) is 5.73. The molecule has 4 heteroatoms. The van der Waals surface area contributed by atoms with Gasteiger partial charge in [-0.25, -0.2) is 4.98 Å². The zero-order chi connectivity index (χ0) is 13.0. The lowest BCUT2D eigenvalue weighted by atomic mass is 10.2. The zero-order valence-electron chi connectivity index (χ0n) is 11.7. The highest BCUT2D eigenvalue weighted by molar-refractivity contribution is 5.37. The van der Waals surface area contributed by atoms with Gasteiger partial charge in [0, 0.05) is 25.8 Å². The van der Waals surface area contributed by atoms with Gasteiger partial charge in [0.1, 0.15) is 5.82 Å². The maximum atomic E-state index is 4.69. The highest BCUT2D eigenvalue weighted by atomic mass is 15.2. The largest absolute Gasteiger partial charge is 0.355 e. The molecule has 1 aliphatic heterocycles. The molecular formula is C14H24N4. The van der Waals surface area contributed by atoms with Crippen LogP contribution in [0, 0.1) is 11.8 Å². The average Bonchev–Trinajstić information content (AvgIpc) is 2.76. The summed E-state index contributed by atoms with van der Waals surface area (Å²) in [7, 11) is 0. The van der Waals surface area contributed by atoms with Crippen LogP contribution in [0.25, 0.3) is 0 Å². The predicted molar refractivity (Wildman–Crippen MR) is 74.6 cm³/mol. The molecule has 0 aliphatic carbocycles. The van der Waals surface area contributed by atoms with Gasteiger partial charge in [-0.2, -0.15) is 0 Å². The average molecular weight is 248 g/mol. The normalized spacial score (nSPS) is 19.8. The Bertz CT molecular complexity index is 378. The SMILES string of the molecule is CC(C)CNCc1cncc(N2CCC(C)C2)n1. The second kappa shape index (κ2) is 6.14. The van der Waals surface area contributed by atoms with Crippen molar-refractivity contribution in [2.75, 3.05) is 24.5 Å². The van der Waals surface area contributed by atoms with Gasteiger partial charge in [0.25, 0.3) is 0 Å². The summed E-state index contributed by atoms with van der Waals surface area (Å²) < 4.78 is 0. The molecule has 0 radical (unpaired) electrons. The third-order valence-corrected chi connectivity index (χ3v) is 3.28. The van der Waals surface area contributed by atoms with Gasteiger partial charge in [-0.1, -0.05) is 20.8 Å². The van der Waals surface area contributed by atoms with Crippen LogP contribution in [-0.4, -0.2) is 29.6 Å². The number of nitrogens with zero attached hydrogens (tertiary/aromatic N) is 3. The van der Waals surface area contributed by atoms with E-state index in [1.165, 1.54) is 6.42 Å². The Kier molecular flexibility index (Phi) is 4.53. The summed E-state index contributed by atoms with van der Waals surface area (Å²) in [6, 6.07) is 0. The molecule has 0 spiro atoms. The number of rotatable bonds is 5. The quantitative estimate of drug-likeness (QED) is 0.866. The van der Waals surface area contributed by atoms with Crippen LogP contribution in [0.1, 0.15) is 32.9 Å². The summed E-state index contributed by atoms with van der Waals surface area (Å²) in [5.74, 6) is 2.47. The van der Waals surface area contributed by atoms with Gasteiger partial charge >= 0.3 is 0 Å². The van der Waals surface area contributed by atoms with E-state index in [9.17, 15) is 0 Å². The van der Waals surface area contributed by atoms with Gasteiger partial charge < -0.3 is 10.2 Å². The van der Waals surface area contributed by atoms with Crippen molar-refractivity contribution in [2.24, 2.45) is 11.8 Å². The molecule has 2 heterocycles. The third kappa shape index (κ3) is 3.67. The number of hydrogen-bond acceptors (Lipinski definition) is 4. The Balaban J connectivity index is 1.92. The van der Waals surface area contributed by atoms with Crippen LogP contribution in [0.4, 0.5) is 5.82 Å². The molecule has 0 aromatic carbocycles. The topological polar surface area (TPSA) is 41.1 Å². The molecule has 1 unspecified atom stereocenters. The number of anilines is 1. The molecule has 2 rings (SSSR count). The second-order valence-corrected chi connectivity index (χ2v) is 5.73. The van der Waals surface area contributed by atoms with Crippen molar-refractivity contribution in [2.45, 2.75) is 33.7 Å². The fraction of sp³-hybridized carbons (Fsp3) is 0.714. The highest BCUT2D eigenvalue weighted by Crippen LogP contribution is 2.20. The van der Waals surface area contributed by atoms with Gasteiger partial charge in [0.2, 0.25) is 0 Å². The molecule has 1 atom stereocenters. The van der Waals surface area contributed by atoms with Crippen LogP contribution in [0.5, 0.6) is 0 Å². The van der Waals surface area contributed by atoms with Gasteiger partial charge in [-0.3, -0.25) is 4.98 Å². The van der Waals surface area contributed by atoms with Crippen molar-refractivity contribution < 1.29 is 0 Å². The summed E-state index contributed by atoms with van der Waals surface area (Å²) in [6.07, 6.45) is 5.00. The van der Waals surface area contributed by atoms with Crippen molar-refractivity contribution in [1.82, 2.24) is 15.3 Å². The molecule has 100 valence electrons. The third-order valence-electron chi connectivity index (χ3n) is 3.28. The van der Waals surface area contributed by atoms with Crippen LogP contribution in [-0.2, 0) is 6.54 Å². The fourth-order valence-electron chi connectivity index (χ4n) is 2.26.